The summed E-state index contributed by atoms with van der Waals surface area (Å²) in [5.41, 5.74) is 6.89. The average Bonchev–Trinajstić information content (AvgIpc) is 2.89. The van der Waals surface area contributed by atoms with Crippen LogP contribution in [0.2, 0.25) is 0 Å². The molecule has 0 saturated heterocycles. The lowest BCUT2D eigenvalue weighted by molar-refractivity contribution is 0.163. The van der Waals surface area contributed by atoms with Gasteiger partial charge < -0.3 is 9.64 Å². The predicted octanol–water partition coefficient (Wildman–Crippen LogP) is 7.04. The van der Waals surface area contributed by atoms with E-state index in [1.165, 1.54) is 27.9 Å². The van der Waals surface area contributed by atoms with Crippen molar-refractivity contribution < 1.29 is 9.53 Å². The molecule has 5 rings (SSSR count). The van der Waals surface area contributed by atoms with Crippen LogP contribution in [0, 0.1) is 0 Å². The van der Waals surface area contributed by atoms with Gasteiger partial charge in [-0.3, -0.25) is 5.32 Å². The molecule has 4 heteroatoms. The second kappa shape index (κ2) is 9.26. The molecule has 3 aromatic rings. The zero-order valence-electron chi connectivity index (χ0n) is 20.7. The Balaban J connectivity index is 1.68. The fourth-order valence-corrected chi connectivity index (χ4v) is 5.92. The maximum Gasteiger partial charge on any atom is 0.411 e. The molecule has 2 aliphatic rings. The van der Waals surface area contributed by atoms with Gasteiger partial charge in [0.2, 0.25) is 0 Å². The van der Waals surface area contributed by atoms with Crippen LogP contribution in [0.4, 0.5) is 16.2 Å². The summed E-state index contributed by atoms with van der Waals surface area (Å²) in [5, 5.41) is 3.09. The summed E-state index contributed by atoms with van der Waals surface area (Å²) in [6.45, 7) is 10.7. The topological polar surface area (TPSA) is 41.6 Å². The van der Waals surface area contributed by atoms with Crippen molar-refractivity contribution >= 4 is 17.5 Å². The van der Waals surface area contributed by atoms with Gasteiger partial charge in [-0.05, 0) is 42.0 Å². The van der Waals surface area contributed by atoms with Crippen molar-refractivity contribution in [2.24, 2.45) is 0 Å². The van der Waals surface area contributed by atoms with E-state index in [0.29, 0.717) is 13.0 Å². The minimum absolute atomic E-state index is 0.0974. The lowest BCUT2D eigenvalue weighted by atomic mass is 9.64. The molecule has 180 valence electrons. The number of nitrogens with zero attached hydrogens (tertiary/aromatic N) is 1. The first-order valence-electron chi connectivity index (χ1n) is 12.6. The number of amides is 1. The molecule has 4 nitrogen and oxygen atoms in total. The van der Waals surface area contributed by atoms with Crippen molar-refractivity contribution in [2.45, 2.75) is 43.9 Å². The van der Waals surface area contributed by atoms with Crippen LogP contribution in [-0.2, 0) is 15.6 Å². The number of nitrogens with one attached hydrogen (secondary N) is 1. The fraction of sp³-hybridized carbons (Fsp3) is 0.323. The summed E-state index contributed by atoms with van der Waals surface area (Å²) < 4.78 is 5.42. The highest BCUT2D eigenvalue weighted by molar-refractivity contribution is 5.90. The minimum atomic E-state index is -0.419. The molecule has 0 fully saturated rings. The van der Waals surface area contributed by atoms with Gasteiger partial charge in [0.25, 0.3) is 0 Å². The van der Waals surface area contributed by atoms with E-state index in [0.717, 1.165) is 31.6 Å². The van der Waals surface area contributed by atoms with Crippen molar-refractivity contribution in [2.75, 3.05) is 29.9 Å². The lowest BCUT2D eigenvalue weighted by Crippen LogP contribution is -2.47. The van der Waals surface area contributed by atoms with Crippen molar-refractivity contribution in [3.8, 4) is 0 Å². The van der Waals surface area contributed by atoms with E-state index in [1.54, 1.807) is 6.08 Å². The molecule has 1 amide bonds. The Morgan fingerprint density at radius 3 is 2.17 bits per heavy atom. The van der Waals surface area contributed by atoms with E-state index in [2.05, 4.69) is 103 Å². The molecule has 3 aromatic carbocycles. The highest BCUT2D eigenvalue weighted by Crippen LogP contribution is 2.55. The van der Waals surface area contributed by atoms with Crippen LogP contribution < -0.4 is 10.2 Å². The van der Waals surface area contributed by atoms with Gasteiger partial charge in [0, 0.05) is 35.2 Å². The number of carbonyl (C=O) groups is 1. The summed E-state index contributed by atoms with van der Waals surface area (Å²) in [5.74, 6) is 0. The van der Waals surface area contributed by atoms with Crippen molar-refractivity contribution in [3.63, 3.8) is 0 Å². The van der Waals surface area contributed by atoms with E-state index < -0.39 is 6.09 Å². The molecule has 0 aromatic heterocycles. The summed E-state index contributed by atoms with van der Waals surface area (Å²) in [7, 11) is 0. The highest BCUT2D eigenvalue weighted by atomic mass is 16.5. The number of benzene rings is 3. The second-order valence-electron chi connectivity index (χ2n) is 10.1. The van der Waals surface area contributed by atoms with E-state index >= 15 is 0 Å². The predicted molar refractivity (Wildman–Crippen MR) is 143 cm³/mol. The van der Waals surface area contributed by atoms with Crippen molar-refractivity contribution in [3.05, 3.63) is 108 Å². The van der Waals surface area contributed by atoms with Gasteiger partial charge in [0.05, 0.1) is 12.3 Å². The van der Waals surface area contributed by atoms with E-state index in [1.807, 2.05) is 0 Å². The summed E-state index contributed by atoms with van der Waals surface area (Å²) in [4.78, 5) is 15.3. The van der Waals surface area contributed by atoms with Crippen LogP contribution in [0.25, 0.3) is 0 Å². The van der Waals surface area contributed by atoms with E-state index in [4.69, 9.17) is 4.74 Å². The number of anilines is 2. The van der Waals surface area contributed by atoms with Crippen LogP contribution in [0.1, 0.15) is 55.4 Å². The van der Waals surface area contributed by atoms with Crippen LogP contribution in [0.3, 0.4) is 0 Å². The molecule has 1 N–H and O–H groups in total. The molecule has 0 aliphatic carbocycles. The molecule has 2 aliphatic heterocycles. The first kappa shape index (κ1) is 23.2. The largest absolute Gasteiger partial charge is 0.449 e. The van der Waals surface area contributed by atoms with E-state index in [9.17, 15) is 4.79 Å². The molecule has 0 spiro atoms. The van der Waals surface area contributed by atoms with E-state index in [-0.39, 0.29) is 10.8 Å². The van der Waals surface area contributed by atoms with Gasteiger partial charge in [-0.1, -0.05) is 86.7 Å². The Morgan fingerprint density at radius 2 is 1.54 bits per heavy atom. The van der Waals surface area contributed by atoms with Gasteiger partial charge in [-0.15, -0.1) is 6.58 Å². The number of hydrogen-bond acceptors (Lipinski definition) is 3. The lowest BCUT2D eigenvalue weighted by Gasteiger charge is -2.50. The smallest absolute Gasteiger partial charge is 0.411 e. The summed E-state index contributed by atoms with van der Waals surface area (Å²) in [6, 6.07) is 25.8. The molecule has 0 saturated carbocycles. The minimum Gasteiger partial charge on any atom is -0.449 e. The molecule has 0 bridgehead atoms. The van der Waals surface area contributed by atoms with Gasteiger partial charge in [0.1, 0.15) is 0 Å². The normalized spacial score (nSPS) is 22.7. The molecule has 0 unspecified atom stereocenters. The number of ether oxygens (including phenoxy) is 1. The number of rotatable bonds is 6. The SMILES string of the molecule is C=CCCOC(=O)Nc1ccc2c3c1[C@](C)(c1ccccc1)CCN3CC[C@]2(C)c1ccccc1. The quantitative estimate of drug-likeness (QED) is 0.313. The third-order valence-electron chi connectivity index (χ3n) is 8.02. The molecular formula is C31H34N2O2. The van der Waals surface area contributed by atoms with Crippen LogP contribution >= 0.6 is 0 Å². The van der Waals surface area contributed by atoms with Crippen LogP contribution in [-0.4, -0.2) is 25.8 Å². The van der Waals surface area contributed by atoms with Crippen molar-refractivity contribution in [1.82, 2.24) is 0 Å². The zero-order valence-corrected chi connectivity index (χ0v) is 20.7. The molecule has 2 atom stereocenters. The number of carbonyl (C=O) groups excluding carboxylic acids is 1. The molecular weight excluding hydrogens is 432 g/mol. The second-order valence-corrected chi connectivity index (χ2v) is 10.1. The van der Waals surface area contributed by atoms with Crippen molar-refractivity contribution in [1.29, 1.82) is 0 Å². The molecule has 2 heterocycles. The van der Waals surface area contributed by atoms with Gasteiger partial charge in [0.15, 0.2) is 0 Å². The third-order valence-corrected chi connectivity index (χ3v) is 8.02. The Hall–Kier alpha value is -3.53. The van der Waals surface area contributed by atoms with Crippen LogP contribution in [0.5, 0.6) is 0 Å². The van der Waals surface area contributed by atoms with Crippen LogP contribution in [0.15, 0.2) is 85.5 Å². The Kier molecular flexibility index (Phi) is 6.14. The molecule has 35 heavy (non-hydrogen) atoms. The Labute approximate surface area is 208 Å². The monoisotopic (exact) mass is 466 g/mol. The summed E-state index contributed by atoms with van der Waals surface area (Å²) >= 11 is 0. The fourth-order valence-electron chi connectivity index (χ4n) is 5.92. The summed E-state index contributed by atoms with van der Waals surface area (Å²) in [6.07, 6.45) is 4.01. The molecule has 0 radical (unpaired) electrons. The highest BCUT2D eigenvalue weighted by Gasteiger charge is 2.46. The number of hydrogen-bond donors (Lipinski definition) is 1. The Morgan fingerprint density at radius 1 is 0.943 bits per heavy atom. The van der Waals surface area contributed by atoms with Gasteiger partial charge in [-0.2, -0.15) is 0 Å². The average molecular weight is 467 g/mol. The van der Waals surface area contributed by atoms with Gasteiger partial charge in [-0.25, -0.2) is 4.79 Å². The first-order valence-corrected chi connectivity index (χ1v) is 12.6. The maximum absolute atomic E-state index is 12.7. The third kappa shape index (κ3) is 4.01. The van der Waals surface area contributed by atoms with Gasteiger partial charge >= 0.3 is 6.09 Å². The zero-order chi connectivity index (χ0) is 24.5. The first-order chi connectivity index (χ1) is 17.0. The maximum atomic E-state index is 12.7. The standard InChI is InChI=1S/C31H34N2O2/c1-4-5-22-35-29(34)32-26-17-16-25-28-27(26)31(3,24-14-10-7-11-15-24)19-21-33(28)20-18-30(25,2)23-12-8-6-9-13-23/h4,6-17H,1,5,18-22H2,2-3H3,(H,32,34)/t30-,31+/m1/s1. The Bertz CT molecular complexity index is 1220.